The van der Waals surface area contributed by atoms with Gasteiger partial charge in [-0.2, -0.15) is 21.4 Å². The SMILES string of the molecule is CC1(C)C2=[N+](CCCCCC(=O)NCC(CCCCCC(=O)O)CNC(=O)CCCCCC3(C)/C(=C/C=C/2)N(CCCS(C)(=O)=O)c2ccc(S(=O)(=O)O)cc23)c2ccc(S(=O)(=O)O)cc21. The van der Waals surface area contributed by atoms with E-state index >= 15 is 0 Å². The van der Waals surface area contributed by atoms with Gasteiger partial charge in [0.15, 0.2) is 5.71 Å². The second kappa shape index (κ2) is 22.1. The molecule has 0 saturated heterocycles. The van der Waals surface area contributed by atoms with Crippen molar-refractivity contribution in [1.29, 1.82) is 0 Å². The predicted octanol–water partition coefficient (Wildman–Crippen LogP) is 6.62. The number of aliphatic carboxylic acids is 1. The molecule has 0 aromatic heterocycles. The zero-order valence-electron chi connectivity index (χ0n) is 38.6. The summed E-state index contributed by atoms with van der Waals surface area (Å²) in [4.78, 5) is 38.7. The Labute approximate surface area is 390 Å². The van der Waals surface area contributed by atoms with Crippen LogP contribution in [-0.2, 0) is 55.3 Å². The number of carboxylic acids is 1. The van der Waals surface area contributed by atoms with E-state index in [4.69, 9.17) is 5.11 Å². The van der Waals surface area contributed by atoms with E-state index in [1.165, 1.54) is 30.5 Å². The Balaban J connectivity index is 1.54. The number of nitrogens with one attached hydrogen (secondary N) is 2. The zero-order chi connectivity index (χ0) is 48.5. The molecule has 364 valence electrons. The third-order valence-corrected chi connectivity index (χ3v) is 15.8. The molecule has 2 amide bonds. The van der Waals surface area contributed by atoms with Crippen molar-refractivity contribution < 1.29 is 58.4 Å². The summed E-state index contributed by atoms with van der Waals surface area (Å²) in [7, 11) is -12.4. The van der Waals surface area contributed by atoms with Gasteiger partial charge in [-0.15, -0.1) is 0 Å². The summed E-state index contributed by atoms with van der Waals surface area (Å²) in [5, 5.41) is 15.1. The maximum absolute atomic E-state index is 13.1. The normalized spacial score (nSPS) is 23.0. The van der Waals surface area contributed by atoms with Crippen LogP contribution in [0.1, 0.15) is 128 Å². The average molecular weight is 976 g/mol. The molecule has 19 heteroatoms. The summed E-state index contributed by atoms with van der Waals surface area (Å²) in [6, 6.07) is 9.00. The van der Waals surface area contributed by atoms with Gasteiger partial charge in [0.25, 0.3) is 20.2 Å². The number of amides is 2. The van der Waals surface area contributed by atoms with Crippen LogP contribution < -0.4 is 15.5 Å². The first-order valence-corrected chi connectivity index (χ1v) is 27.8. The molecule has 5 rings (SSSR count). The Kier molecular flexibility index (Phi) is 17.6. The molecule has 5 N–H and O–H groups in total. The fourth-order valence-corrected chi connectivity index (χ4v) is 11.2. The fraction of sp³-hybridized carbons (Fsp3) is 0.574. The van der Waals surface area contributed by atoms with Gasteiger partial charge in [-0.25, -0.2) is 8.42 Å². The lowest BCUT2D eigenvalue weighted by Crippen LogP contribution is -2.36. The summed E-state index contributed by atoms with van der Waals surface area (Å²) in [5.74, 6) is -1.19. The number of fused-ring (bicyclic) bond motifs is 5. The number of sulfone groups is 1. The van der Waals surface area contributed by atoms with E-state index in [0.29, 0.717) is 107 Å². The molecule has 0 aliphatic carbocycles. The molecule has 0 spiro atoms. The largest absolute Gasteiger partial charge is 0.481 e. The van der Waals surface area contributed by atoms with Crippen LogP contribution in [0.2, 0.25) is 0 Å². The van der Waals surface area contributed by atoms with Crippen LogP contribution >= 0.6 is 0 Å². The highest BCUT2D eigenvalue weighted by atomic mass is 32.2. The number of carbonyl (C=O) groups excluding carboxylic acids is 2. The number of anilines is 1. The predicted molar refractivity (Wildman–Crippen MR) is 253 cm³/mol. The van der Waals surface area contributed by atoms with Crippen LogP contribution in [0.4, 0.5) is 11.4 Å². The van der Waals surface area contributed by atoms with E-state index in [0.717, 1.165) is 29.9 Å². The summed E-state index contributed by atoms with van der Waals surface area (Å²) in [6.07, 6.45) is 15.0. The lowest BCUT2D eigenvalue weighted by molar-refractivity contribution is -0.438. The van der Waals surface area contributed by atoms with Gasteiger partial charge >= 0.3 is 5.97 Å². The Morgan fingerprint density at radius 1 is 0.788 bits per heavy atom. The minimum absolute atomic E-state index is 0.0455. The maximum Gasteiger partial charge on any atom is 0.303 e. The van der Waals surface area contributed by atoms with Gasteiger partial charge in [0.1, 0.15) is 16.4 Å². The van der Waals surface area contributed by atoms with E-state index in [-0.39, 0.29) is 52.5 Å². The molecule has 2 unspecified atom stereocenters. The van der Waals surface area contributed by atoms with E-state index in [2.05, 4.69) is 15.2 Å². The van der Waals surface area contributed by atoms with Gasteiger partial charge < -0.3 is 20.6 Å². The summed E-state index contributed by atoms with van der Waals surface area (Å²) in [6.45, 7) is 7.49. The van der Waals surface area contributed by atoms with Crippen molar-refractivity contribution in [3.63, 3.8) is 0 Å². The molecule has 3 aliphatic rings. The fourth-order valence-electron chi connectivity index (χ4n) is 9.50. The minimum atomic E-state index is -4.59. The lowest BCUT2D eigenvalue weighted by Gasteiger charge is -2.30. The first kappa shape index (κ1) is 52.5. The van der Waals surface area contributed by atoms with Gasteiger partial charge in [0.05, 0.1) is 21.0 Å². The number of carbonyl (C=O) groups is 3. The van der Waals surface area contributed by atoms with Crippen LogP contribution in [0, 0.1) is 5.92 Å². The molecular formula is C47H67N4O12S3+. The minimum Gasteiger partial charge on any atom is -0.481 e. The molecule has 0 bridgehead atoms. The standard InChI is InChI=1S/C47H66N4O12S3/c1-46(2)37-30-35(65(58,59)60)22-24-39(37)50-27-13-7-10-20-44(53)49-33-34(16-8-5-11-21-45(54)55)32-48-43(52)19-9-6-12-26-47(3)38-31-36(66(61,62)63)23-25-40(38)51(28-15-29-64(4,56)57)42(47)18-14-17-41(46)50/h14,17-18,22-25,30-31,34H,5-13,15-16,19-21,26-29,32-33H2,1-4H3,(H4-,48,49,52,53,54,55,58,59,60,61,62,63)/p+1. The van der Waals surface area contributed by atoms with Crippen molar-refractivity contribution in [2.45, 2.75) is 138 Å². The van der Waals surface area contributed by atoms with Gasteiger partial charge in [-0.1, -0.05) is 31.8 Å². The van der Waals surface area contributed by atoms with Crippen molar-refractivity contribution in [3.05, 3.63) is 71.5 Å². The summed E-state index contributed by atoms with van der Waals surface area (Å²) in [5.41, 5.74) is 2.86. The molecule has 0 saturated carbocycles. The van der Waals surface area contributed by atoms with E-state index in [9.17, 15) is 48.7 Å². The van der Waals surface area contributed by atoms with Crippen molar-refractivity contribution in [2.24, 2.45) is 5.92 Å². The smallest absolute Gasteiger partial charge is 0.303 e. The van der Waals surface area contributed by atoms with E-state index < -0.39 is 46.9 Å². The second-order valence-corrected chi connectivity index (χ2v) is 23.8. The molecule has 16 nitrogen and oxygen atoms in total. The third kappa shape index (κ3) is 13.8. The number of nitrogens with zero attached hydrogens (tertiary/aromatic N) is 2. The number of rotatable bonds is 12. The summed E-state index contributed by atoms with van der Waals surface area (Å²) < 4.78 is 96.4. The molecule has 0 radical (unpaired) electrons. The Morgan fingerprint density at radius 2 is 1.39 bits per heavy atom. The van der Waals surface area contributed by atoms with Crippen molar-refractivity contribution >= 4 is 64.9 Å². The highest BCUT2D eigenvalue weighted by Crippen LogP contribution is 2.51. The second-order valence-electron chi connectivity index (χ2n) is 18.7. The molecule has 66 heavy (non-hydrogen) atoms. The molecule has 2 atom stereocenters. The number of hydrogen-bond donors (Lipinski definition) is 5. The number of carboxylic acid groups (broad SMARTS) is 1. The Morgan fingerprint density at radius 3 is 2.00 bits per heavy atom. The first-order chi connectivity index (χ1) is 30.9. The number of benzene rings is 2. The molecule has 3 aliphatic heterocycles. The lowest BCUT2D eigenvalue weighted by atomic mass is 9.77. The molecular weight excluding hydrogens is 909 g/mol. The van der Waals surface area contributed by atoms with Crippen LogP contribution in [0.25, 0.3) is 0 Å². The third-order valence-electron chi connectivity index (χ3n) is 13.1. The zero-order valence-corrected chi connectivity index (χ0v) is 41.0. The average Bonchev–Trinajstić information content (AvgIpc) is 3.58. The van der Waals surface area contributed by atoms with Crippen molar-refractivity contribution in [2.75, 3.05) is 43.1 Å². The van der Waals surface area contributed by atoms with Crippen LogP contribution in [0.15, 0.2) is 70.1 Å². The Bertz CT molecular complexity index is 2570. The van der Waals surface area contributed by atoms with Crippen LogP contribution in [0.3, 0.4) is 0 Å². The Hall–Kier alpha value is -4.43. The van der Waals surface area contributed by atoms with E-state index in [1.54, 1.807) is 12.1 Å². The van der Waals surface area contributed by atoms with Gasteiger partial charge in [0, 0.05) is 86.1 Å². The summed E-state index contributed by atoms with van der Waals surface area (Å²) >= 11 is 0. The highest BCUT2D eigenvalue weighted by Gasteiger charge is 2.46. The van der Waals surface area contributed by atoms with Gasteiger partial charge in [-0.05, 0) is 114 Å². The quantitative estimate of drug-likeness (QED) is 0.0855. The number of hydrogen-bond acceptors (Lipinski definition) is 10. The van der Waals surface area contributed by atoms with Crippen LogP contribution in [-0.4, -0.2) is 106 Å². The monoisotopic (exact) mass is 975 g/mol. The van der Waals surface area contributed by atoms with Crippen molar-refractivity contribution in [3.8, 4) is 0 Å². The maximum atomic E-state index is 13.1. The van der Waals surface area contributed by atoms with Gasteiger partial charge in [-0.3, -0.25) is 23.5 Å². The first-order valence-electron chi connectivity index (χ1n) is 22.9. The molecule has 3 heterocycles. The molecule has 2 aromatic rings. The number of allylic oxidation sites excluding steroid dienone is 4. The van der Waals surface area contributed by atoms with E-state index in [1.807, 2.05) is 43.9 Å². The van der Waals surface area contributed by atoms with Gasteiger partial charge in [0.2, 0.25) is 17.5 Å². The highest BCUT2D eigenvalue weighted by molar-refractivity contribution is 7.90. The molecule has 2 aromatic carbocycles. The topological polar surface area (TPSA) is 245 Å². The van der Waals surface area contributed by atoms with Crippen molar-refractivity contribution in [1.82, 2.24) is 10.6 Å². The molecule has 0 fully saturated rings. The number of unbranched alkanes of at least 4 members (excludes halogenated alkanes) is 2. The van der Waals surface area contributed by atoms with Crippen LogP contribution in [0.5, 0.6) is 0 Å².